The van der Waals surface area contributed by atoms with Crippen LogP contribution in [-0.2, 0) is 18.3 Å². The minimum absolute atomic E-state index is 0.157. The molecule has 1 aromatic heterocycles. The molecule has 1 aromatic carbocycles. The van der Waals surface area contributed by atoms with Gasteiger partial charge in [-0.25, -0.2) is 4.79 Å². The van der Waals surface area contributed by atoms with Crippen LogP contribution in [-0.4, -0.2) is 17.0 Å². The van der Waals surface area contributed by atoms with Gasteiger partial charge in [0.2, 0.25) is 0 Å². The lowest BCUT2D eigenvalue weighted by Crippen LogP contribution is -2.32. The van der Waals surface area contributed by atoms with Gasteiger partial charge < -0.3 is 10.4 Å². The van der Waals surface area contributed by atoms with Crippen molar-refractivity contribution in [2.24, 2.45) is 0 Å². The molecule has 0 bridgehead atoms. The van der Waals surface area contributed by atoms with Gasteiger partial charge >= 0.3 is 5.97 Å². The van der Waals surface area contributed by atoms with Gasteiger partial charge in [0.05, 0.1) is 5.00 Å². The summed E-state index contributed by atoms with van der Waals surface area (Å²) in [5.74, 6) is -1.13. The van der Waals surface area contributed by atoms with Crippen molar-refractivity contribution >= 4 is 28.2 Å². The average Bonchev–Trinajstić information content (AvgIpc) is 3.03. The first-order valence-electron chi connectivity index (χ1n) is 8.77. The molecule has 0 fully saturated rings. The van der Waals surface area contributed by atoms with Crippen LogP contribution in [0.1, 0.15) is 69.3 Å². The minimum atomic E-state index is -0.969. The summed E-state index contributed by atoms with van der Waals surface area (Å²) in [4.78, 5) is 23.9. The van der Waals surface area contributed by atoms with E-state index in [0.29, 0.717) is 10.6 Å². The van der Waals surface area contributed by atoms with E-state index in [2.05, 4.69) is 12.2 Å². The molecule has 5 heteroatoms. The summed E-state index contributed by atoms with van der Waals surface area (Å²) in [5.41, 5.74) is 5.11. The van der Waals surface area contributed by atoms with Crippen molar-refractivity contribution in [3.05, 3.63) is 51.4 Å². The fourth-order valence-electron chi connectivity index (χ4n) is 4.49. The number of carbonyl (C=O) groups excluding carboxylic acids is 1. The van der Waals surface area contributed by atoms with Crippen molar-refractivity contribution in [3.63, 3.8) is 0 Å². The van der Waals surface area contributed by atoms with E-state index in [1.54, 1.807) is 6.07 Å². The van der Waals surface area contributed by atoms with Gasteiger partial charge in [0.25, 0.3) is 5.91 Å². The van der Waals surface area contributed by atoms with Crippen molar-refractivity contribution in [2.45, 2.75) is 50.9 Å². The highest BCUT2D eigenvalue weighted by atomic mass is 32.1. The molecule has 2 aliphatic rings. The molecule has 0 saturated carbocycles. The van der Waals surface area contributed by atoms with Crippen molar-refractivity contribution in [3.8, 4) is 0 Å². The third-order valence-electron chi connectivity index (χ3n) is 5.57. The molecule has 130 valence electrons. The predicted octanol–water partition coefficient (Wildman–Crippen LogP) is 4.63. The lowest BCUT2D eigenvalue weighted by molar-refractivity contribution is 0.0702. The highest BCUT2D eigenvalue weighted by Crippen LogP contribution is 2.46. The number of hydrogen-bond acceptors (Lipinski definition) is 3. The Kier molecular flexibility index (Phi) is 3.91. The zero-order chi connectivity index (χ0) is 17.6. The van der Waals surface area contributed by atoms with Crippen LogP contribution in [0.3, 0.4) is 0 Å². The molecule has 0 radical (unpaired) electrons. The minimum Gasteiger partial charge on any atom is -0.477 e. The molecule has 0 atom stereocenters. The fraction of sp³-hybridized carbons (Fsp3) is 0.400. The van der Waals surface area contributed by atoms with E-state index in [9.17, 15) is 9.59 Å². The SMILES string of the molecule is CC12CCCc3cc(C(=O)Nc4ccc(C(=O)O)s4)cc(c31)CCC2. The van der Waals surface area contributed by atoms with Crippen LogP contribution in [0.5, 0.6) is 0 Å². The number of aromatic carboxylic acids is 1. The first-order chi connectivity index (χ1) is 12.0. The van der Waals surface area contributed by atoms with E-state index in [-0.39, 0.29) is 16.2 Å². The maximum Gasteiger partial charge on any atom is 0.345 e. The quantitative estimate of drug-likeness (QED) is 0.843. The van der Waals surface area contributed by atoms with Gasteiger partial charge in [-0.1, -0.05) is 6.92 Å². The van der Waals surface area contributed by atoms with E-state index in [0.717, 1.165) is 24.2 Å². The zero-order valence-corrected chi connectivity index (χ0v) is 15.0. The summed E-state index contributed by atoms with van der Waals surface area (Å²) in [6.45, 7) is 2.37. The Morgan fingerprint density at radius 2 is 1.76 bits per heavy atom. The molecular weight excluding hydrogens is 334 g/mol. The van der Waals surface area contributed by atoms with Gasteiger partial charge in [0.15, 0.2) is 0 Å². The van der Waals surface area contributed by atoms with Gasteiger partial charge in [-0.15, -0.1) is 11.3 Å². The maximum atomic E-state index is 12.7. The maximum absolute atomic E-state index is 12.7. The van der Waals surface area contributed by atoms with E-state index >= 15 is 0 Å². The van der Waals surface area contributed by atoms with Crippen molar-refractivity contribution < 1.29 is 14.7 Å². The fourth-order valence-corrected chi connectivity index (χ4v) is 5.23. The first kappa shape index (κ1) is 16.3. The molecular formula is C20H21NO3S. The molecule has 25 heavy (non-hydrogen) atoms. The summed E-state index contributed by atoms with van der Waals surface area (Å²) in [7, 11) is 0. The normalized spacial score (nSPS) is 17.6. The van der Waals surface area contributed by atoms with Crippen LogP contribution in [0.2, 0.25) is 0 Å². The highest BCUT2D eigenvalue weighted by molar-refractivity contribution is 7.18. The number of carboxylic acids is 1. The molecule has 0 spiro atoms. The average molecular weight is 355 g/mol. The number of rotatable bonds is 3. The second-order valence-electron chi connectivity index (χ2n) is 7.36. The molecule has 4 nitrogen and oxygen atoms in total. The zero-order valence-electron chi connectivity index (χ0n) is 14.2. The number of aryl methyl sites for hydroxylation is 2. The molecule has 0 aliphatic heterocycles. The summed E-state index contributed by atoms with van der Waals surface area (Å²) in [5, 5.41) is 12.4. The van der Waals surface area contributed by atoms with Crippen LogP contribution < -0.4 is 5.32 Å². The predicted molar refractivity (Wildman–Crippen MR) is 98.9 cm³/mol. The van der Waals surface area contributed by atoms with E-state index in [1.807, 2.05) is 12.1 Å². The van der Waals surface area contributed by atoms with Crippen molar-refractivity contribution in [1.82, 2.24) is 0 Å². The lowest BCUT2D eigenvalue weighted by Gasteiger charge is -2.41. The largest absolute Gasteiger partial charge is 0.477 e. The van der Waals surface area contributed by atoms with Gasteiger partial charge in [-0.3, -0.25) is 4.79 Å². The van der Waals surface area contributed by atoms with Gasteiger partial charge in [-0.2, -0.15) is 0 Å². The van der Waals surface area contributed by atoms with Crippen LogP contribution in [0, 0.1) is 0 Å². The standard InChI is InChI=1S/C20H21NO3S/c1-20-8-2-4-12-10-14(11-13(17(12)20)5-3-9-20)18(22)21-16-7-6-15(25-16)19(23)24/h6-7,10-11H,2-5,8-9H2,1H3,(H,21,22)(H,23,24). The number of carbonyl (C=O) groups is 2. The molecule has 2 aliphatic carbocycles. The molecule has 4 rings (SSSR count). The number of thiophene rings is 1. The highest BCUT2D eigenvalue weighted by Gasteiger charge is 2.36. The van der Waals surface area contributed by atoms with Gasteiger partial charge in [0, 0.05) is 5.56 Å². The Bertz CT molecular complexity index is 837. The lowest BCUT2D eigenvalue weighted by atomic mass is 9.63. The Hall–Kier alpha value is -2.14. The number of benzene rings is 1. The second-order valence-corrected chi connectivity index (χ2v) is 8.44. The van der Waals surface area contributed by atoms with Crippen molar-refractivity contribution in [2.75, 3.05) is 5.32 Å². The molecule has 1 amide bonds. The molecule has 1 heterocycles. The van der Waals surface area contributed by atoms with E-state index in [1.165, 1.54) is 48.4 Å². The summed E-state index contributed by atoms with van der Waals surface area (Å²) in [6.07, 6.45) is 6.93. The van der Waals surface area contributed by atoms with Crippen molar-refractivity contribution in [1.29, 1.82) is 0 Å². The Balaban J connectivity index is 1.64. The number of carboxylic acid groups (broad SMARTS) is 1. The topological polar surface area (TPSA) is 66.4 Å². The molecule has 2 N–H and O–H groups in total. The van der Waals surface area contributed by atoms with Crippen LogP contribution >= 0.6 is 11.3 Å². The first-order valence-corrected chi connectivity index (χ1v) is 9.59. The molecule has 2 aromatic rings. The molecule has 0 saturated heterocycles. The summed E-state index contributed by atoms with van der Waals surface area (Å²) >= 11 is 1.08. The van der Waals surface area contributed by atoms with Crippen LogP contribution in [0.15, 0.2) is 24.3 Å². The number of amides is 1. The Labute approximate surface area is 150 Å². The number of anilines is 1. The third-order valence-corrected chi connectivity index (χ3v) is 6.56. The molecule has 0 unspecified atom stereocenters. The second kappa shape index (κ2) is 5.99. The monoisotopic (exact) mass is 355 g/mol. The summed E-state index contributed by atoms with van der Waals surface area (Å²) in [6, 6.07) is 7.25. The van der Waals surface area contributed by atoms with Gasteiger partial charge in [0.1, 0.15) is 4.88 Å². The third kappa shape index (κ3) is 2.86. The smallest absolute Gasteiger partial charge is 0.345 e. The Morgan fingerprint density at radius 1 is 1.12 bits per heavy atom. The summed E-state index contributed by atoms with van der Waals surface area (Å²) < 4.78 is 0. The van der Waals surface area contributed by atoms with E-state index in [4.69, 9.17) is 5.11 Å². The number of nitrogens with one attached hydrogen (secondary N) is 1. The van der Waals surface area contributed by atoms with E-state index < -0.39 is 5.97 Å². The van der Waals surface area contributed by atoms with Crippen LogP contribution in [0.4, 0.5) is 5.00 Å². The number of hydrogen-bond donors (Lipinski definition) is 2. The van der Waals surface area contributed by atoms with Gasteiger partial charge in [-0.05, 0) is 84.9 Å². The Morgan fingerprint density at radius 3 is 2.32 bits per heavy atom. The van der Waals surface area contributed by atoms with Crippen LogP contribution in [0.25, 0.3) is 0 Å².